The third-order valence-electron chi connectivity index (χ3n) is 1.38. The minimum Gasteiger partial charge on any atom is -0.119 e. The van der Waals surface area contributed by atoms with E-state index >= 15 is 0 Å². The molecule has 0 aromatic carbocycles. The number of hydrogen-bond donors (Lipinski definition) is 0. The second-order valence-electron chi connectivity index (χ2n) is 2.28. The van der Waals surface area contributed by atoms with Gasteiger partial charge in [0.05, 0.1) is 5.92 Å². The number of rotatable bonds is 0. The Balaban J connectivity index is 0.000000215. The molecule has 2 aliphatic rings. The fourth-order valence-electron chi connectivity index (χ4n) is 0.791. The van der Waals surface area contributed by atoms with Crippen LogP contribution >= 0.6 is 0 Å². The van der Waals surface area contributed by atoms with Crippen molar-refractivity contribution in [3.8, 4) is 12.3 Å². The number of terminal acetylenes is 1. The molecule has 2 fully saturated rings. The fourth-order valence-corrected chi connectivity index (χ4v) is 0.791. The zero-order valence-electron chi connectivity index (χ0n) is 7.13. The van der Waals surface area contributed by atoms with Gasteiger partial charge in [0.2, 0.25) is 0 Å². The second kappa shape index (κ2) is 8.67. The minimum atomic E-state index is 0. The van der Waals surface area contributed by atoms with Crippen LogP contribution in [0.2, 0.25) is 0 Å². The van der Waals surface area contributed by atoms with E-state index in [-0.39, 0.29) is 17.1 Å². The van der Waals surface area contributed by atoms with Crippen LogP contribution in [0.5, 0.6) is 0 Å². The van der Waals surface area contributed by atoms with Crippen LogP contribution in [-0.4, -0.2) is 0 Å². The SMILES string of the molecule is C#C[C]1[CH][CH][CH][CH]1.[CH]1[CH][CH][CH][CH]1.[Fe+2]. The summed E-state index contributed by atoms with van der Waals surface area (Å²) in [4.78, 5) is 0. The third-order valence-corrected chi connectivity index (χ3v) is 1.38. The van der Waals surface area contributed by atoms with E-state index in [0.29, 0.717) is 0 Å². The molecule has 1 heteroatoms. The predicted octanol–water partition coefficient (Wildman–Crippen LogP) is 2.04. The van der Waals surface area contributed by atoms with Crippen LogP contribution in [-0.2, 0) is 17.1 Å². The molecule has 0 spiro atoms. The Morgan fingerprint density at radius 3 is 1.38 bits per heavy atom. The van der Waals surface area contributed by atoms with Crippen molar-refractivity contribution < 1.29 is 17.1 Å². The average molecular weight is 210 g/mol. The number of hydrogen-bond acceptors (Lipinski definition) is 0. The van der Waals surface area contributed by atoms with Gasteiger partial charge in [-0.3, -0.25) is 0 Å². The first kappa shape index (κ1) is 13.1. The van der Waals surface area contributed by atoms with Gasteiger partial charge >= 0.3 is 17.1 Å². The summed E-state index contributed by atoms with van der Waals surface area (Å²) in [5, 5.41) is 0. The van der Waals surface area contributed by atoms with Gasteiger partial charge in [-0.2, -0.15) is 0 Å². The molecule has 64 valence electrons. The van der Waals surface area contributed by atoms with Crippen molar-refractivity contribution in [1.82, 2.24) is 0 Å². The molecule has 0 atom stereocenters. The van der Waals surface area contributed by atoms with Gasteiger partial charge in [0.1, 0.15) is 0 Å². The van der Waals surface area contributed by atoms with E-state index in [4.69, 9.17) is 6.42 Å². The molecule has 2 aliphatic carbocycles. The fraction of sp³-hybridized carbons (Fsp3) is 0. The maximum absolute atomic E-state index is 5.04. The molecule has 0 nitrogen and oxygen atoms in total. The normalized spacial score (nSPS) is 21.2. The van der Waals surface area contributed by atoms with Gasteiger partial charge in [0.15, 0.2) is 0 Å². The van der Waals surface area contributed by atoms with Crippen LogP contribution in [0, 0.1) is 76.0 Å². The van der Waals surface area contributed by atoms with Crippen LogP contribution in [0.4, 0.5) is 0 Å². The first-order valence-electron chi connectivity index (χ1n) is 3.78. The van der Waals surface area contributed by atoms with Gasteiger partial charge in [-0.05, 0) is 57.8 Å². The Hall–Kier alpha value is 0.0795. The van der Waals surface area contributed by atoms with Crippen molar-refractivity contribution in [3.63, 3.8) is 0 Å². The molecule has 0 N–H and O–H groups in total. The Bertz CT molecular complexity index is 128. The Kier molecular flexibility index (Phi) is 8.72. The molecule has 13 heavy (non-hydrogen) atoms. The summed E-state index contributed by atoms with van der Waals surface area (Å²) in [6, 6.07) is 0. The van der Waals surface area contributed by atoms with Gasteiger partial charge in [0, 0.05) is 0 Å². The molecule has 2 rings (SSSR count). The zero-order valence-corrected chi connectivity index (χ0v) is 8.23. The van der Waals surface area contributed by atoms with Gasteiger partial charge in [0.25, 0.3) is 0 Å². The Morgan fingerprint density at radius 2 is 1.15 bits per heavy atom. The van der Waals surface area contributed by atoms with Crippen molar-refractivity contribution in [2.45, 2.75) is 0 Å². The Labute approximate surface area is 93.3 Å². The molecule has 0 unspecified atom stereocenters. The molecule has 0 aliphatic heterocycles. The molecular weight excluding hydrogens is 200 g/mol. The first-order valence-corrected chi connectivity index (χ1v) is 3.78. The maximum Gasteiger partial charge on any atom is 2.00 e. The minimum absolute atomic E-state index is 0. The molecule has 0 bridgehead atoms. The maximum atomic E-state index is 5.04. The molecule has 2 saturated carbocycles. The molecule has 0 saturated heterocycles. The first-order chi connectivity index (χ1) is 5.93. The second-order valence-corrected chi connectivity index (χ2v) is 2.28. The van der Waals surface area contributed by atoms with Gasteiger partial charge < -0.3 is 0 Å². The van der Waals surface area contributed by atoms with Crippen LogP contribution in [0.25, 0.3) is 0 Å². The summed E-state index contributed by atoms with van der Waals surface area (Å²) in [5.74, 6) is 3.47. The summed E-state index contributed by atoms with van der Waals surface area (Å²) < 4.78 is 0. The standard InChI is InChI=1S/C7H5.C5H5.Fe/c1-2-7-5-3-4-6-7;1-2-4-5-3-1;/h1,3-6H;1-5H;/q;;+2. The van der Waals surface area contributed by atoms with Gasteiger partial charge in [-0.15, -0.1) is 6.42 Å². The van der Waals surface area contributed by atoms with E-state index in [1.807, 2.05) is 57.8 Å². The summed E-state index contributed by atoms with van der Waals surface area (Å²) in [5.41, 5.74) is 0. The molecule has 0 aromatic heterocycles. The van der Waals surface area contributed by atoms with E-state index in [0.717, 1.165) is 5.92 Å². The van der Waals surface area contributed by atoms with E-state index < -0.39 is 0 Å². The van der Waals surface area contributed by atoms with Crippen molar-refractivity contribution in [1.29, 1.82) is 0 Å². The summed E-state index contributed by atoms with van der Waals surface area (Å²) in [6.45, 7) is 0. The van der Waals surface area contributed by atoms with E-state index in [1.165, 1.54) is 0 Å². The monoisotopic (exact) mass is 210 g/mol. The van der Waals surface area contributed by atoms with Gasteiger partial charge in [-0.1, -0.05) is 5.92 Å². The topological polar surface area (TPSA) is 0 Å². The van der Waals surface area contributed by atoms with Crippen molar-refractivity contribution >= 4 is 0 Å². The molecule has 0 aromatic rings. The summed E-state index contributed by atoms with van der Waals surface area (Å²) in [6.07, 6.45) is 22.7. The summed E-state index contributed by atoms with van der Waals surface area (Å²) in [7, 11) is 0. The third kappa shape index (κ3) is 6.19. The van der Waals surface area contributed by atoms with Crippen molar-refractivity contribution in [2.24, 2.45) is 0 Å². The van der Waals surface area contributed by atoms with Crippen LogP contribution in [0.1, 0.15) is 0 Å². The van der Waals surface area contributed by atoms with Crippen LogP contribution < -0.4 is 0 Å². The van der Waals surface area contributed by atoms with Crippen LogP contribution in [0.15, 0.2) is 0 Å². The zero-order chi connectivity index (χ0) is 8.65. The predicted molar refractivity (Wildman–Crippen MR) is 50.8 cm³/mol. The van der Waals surface area contributed by atoms with E-state index in [2.05, 4.69) is 5.92 Å². The van der Waals surface area contributed by atoms with Crippen LogP contribution in [0.3, 0.4) is 0 Å². The summed E-state index contributed by atoms with van der Waals surface area (Å²) >= 11 is 0. The molecular formula is C12H10Fe+2. The van der Waals surface area contributed by atoms with Crippen molar-refractivity contribution in [2.75, 3.05) is 0 Å². The quantitative estimate of drug-likeness (QED) is 0.424. The molecule has 10 radical (unpaired) electrons. The largest absolute Gasteiger partial charge is 2.00 e. The Morgan fingerprint density at radius 1 is 0.769 bits per heavy atom. The smallest absolute Gasteiger partial charge is 0.119 e. The average Bonchev–Trinajstić information content (AvgIpc) is 2.81. The van der Waals surface area contributed by atoms with Crippen molar-refractivity contribution in [3.05, 3.63) is 63.7 Å². The van der Waals surface area contributed by atoms with E-state index in [9.17, 15) is 0 Å². The van der Waals surface area contributed by atoms with Gasteiger partial charge in [-0.25, -0.2) is 0 Å². The molecule has 0 heterocycles. The van der Waals surface area contributed by atoms with E-state index in [1.54, 1.807) is 0 Å². The molecule has 0 amide bonds.